The highest BCUT2D eigenvalue weighted by molar-refractivity contribution is 5.82. The van der Waals surface area contributed by atoms with Crippen molar-refractivity contribution >= 4 is 28.8 Å². The summed E-state index contributed by atoms with van der Waals surface area (Å²) in [5.74, 6) is -0.272. The van der Waals surface area contributed by atoms with Gasteiger partial charge in [-0.25, -0.2) is 9.78 Å². The number of hydrogen-bond donors (Lipinski definition) is 3. The van der Waals surface area contributed by atoms with E-state index < -0.39 is 5.97 Å². The Morgan fingerprint density at radius 2 is 2.22 bits per heavy atom. The third-order valence-corrected chi connectivity index (χ3v) is 5.60. The van der Waals surface area contributed by atoms with Crippen LogP contribution < -0.4 is 21.1 Å². The molecule has 0 aromatic carbocycles. The summed E-state index contributed by atoms with van der Waals surface area (Å²) in [4.78, 5) is 41.5. The van der Waals surface area contributed by atoms with Gasteiger partial charge in [0.1, 0.15) is 11.3 Å². The second-order valence-corrected chi connectivity index (χ2v) is 7.96. The van der Waals surface area contributed by atoms with E-state index in [1.54, 1.807) is 6.20 Å². The zero-order valence-corrected chi connectivity index (χ0v) is 18.0. The van der Waals surface area contributed by atoms with Crippen LogP contribution in [0.4, 0.5) is 11.6 Å². The normalized spacial score (nSPS) is 16.4. The Kier molecular flexibility index (Phi) is 6.24. The van der Waals surface area contributed by atoms with Gasteiger partial charge in [-0.2, -0.15) is 9.97 Å². The van der Waals surface area contributed by atoms with Gasteiger partial charge >= 0.3 is 17.7 Å². The molecular weight excluding hydrogens is 414 g/mol. The van der Waals surface area contributed by atoms with Crippen molar-refractivity contribution in [3.8, 4) is 6.01 Å². The first-order chi connectivity index (χ1) is 15.5. The second-order valence-electron chi connectivity index (χ2n) is 7.96. The molecule has 170 valence electrons. The number of nitrogen functional groups attached to an aromatic ring is 1. The quantitative estimate of drug-likeness (QED) is 0.443. The molecule has 1 unspecified atom stereocenters. The van der Waals surface area contributed by atoms with Gasteiger partial charge in [-0.3, -0.25) is 9.36 Å². The maximum absolute atomic E-state index is 12.5. The Labute approximate surface area is 184 Å². The number of nitrogens with zero attached hydrogens (tertiary/aromatic N) is 5. The van der Waals surface area contributed by atoms with E-state index in [2.05, 4.69) is 26.9 Å². The van der Waals surface area contributed by atoms with Crippen LogP contribution in [-0.2, 0) is 11.3 Å². The largest absolute Gasteiger partial charge is 0.481 e. The van der Waals surface area contributed by atoms with Crippen LogP contribution in [0.3, 0.4) is 0 Å². The van der Waals surface area contributed by atoms with Gasteiger partial charge in [-0.15, -0.1) is 0 Å². The van der Waals surface area contributed by atoms with Crippen molar-refractivity contribution in [1.82, 2.24) is 24.5 Å². The molecule has 32 heavy (non-hydrogen) atoms. The molecule has 1 aliphatic heterocycles. The number of aromatic nitrogens is 5. The predicted molar refractivity (Wildman–Crippen MR) is 119 cm³/mol. The number of carbonyl (C=O) groups is 1. The zero-order chi connectivity index (χ0) is 22.7. The number of aromatic amines is 1. The molecule has 0 bridgehead atoms. The summed E-state index contributed by atoms with van der Waals surface area (Å²) in [6.45, 7) is 3.99. The van der Waals surface area contributed by atoms with Gasteiger partial charge in [-0.05, 0) is 30.9 Å². The summed E-state index contributed by atoms with van der Waals surface area (Å²) in [7, 11) is 0. The number of piperidine rings is 1. The monoisotopic (exact) mass is 441 g/mol. The topological polar surface area (TPSA) is 152 Å². The molecule has 11 heteroatoms. The Bertz CT molecular complexity index is 1160. The van der Waals surface area contributed by atoms with Gasteiger partial charge in [0.25, 0.3) is 0 Å². The molecule has 4 heterocycles. The van der Waals surface area contributed by atoms with E-state index >= 15 is 0 Å². The molecule has 1 atom stereocenters. The molecule has 3 aromatic heterocycles. The van der Waals surface area contributed by atoms with Crippen LogP contribution in [0.25, 0.3) is 11.2 Å². The first-order valence-electron chi connectivity index (χ1n) is 10.8. The number of aliphatic carboxylic acids is 1. The van der Waals surface area contributed by atoms with Crippen molar-refractivity contribution in [2.45, 2.75) is 39.2 Å². The SMILES string of the molecule is CCCCOc1nc(N)c2[nH]c(=O)n(Cc3ccc(N4CCCC(C(=O)O)C4)nc3)c2n1. The highest BCUT2D eigenvalue weighted by Crippen LogP contribution is 2.23. The molecule has 4 N–H and O–H groups in total. The van der Waals surface area contributed by atoms with E-state index in [0.29, 0.717) is 30.7 Å². The van der Waals surface area contributed by atoms with E-state index in [1.165, 1.54) is 4.57 Å². The third kappa shape index (κ3) is 4.51. The van der Waals surface area contributed by atoms with Crippen molar-refractivity contribution in [2.24, 2.45) is 5.92 Å². The smallest absolute Gasteiger partial charge is 0.328 e. The summed E-state index contributed by atoms with van der Waals surface area (Å²) in [6, 6.07) is 3.87. The van der Waals surface area contributed by atoms with Crippen LogP contribution in [0.15, 0.2) is 23.1 Å². The van der Waals surface area contributed by atoms with Crippen LogP contribution in [-0.4, -0.2) is 55.3 Å². The van der Waals surface area contributed by atoms with Crippen molar-refractivity contribution in [2.75, 3.05) is 30.3 Å². The van der Waals surface area contributed by atoms with E-state index in [0.717, 1.165) is 37.2 Å². The standard InChI is InChI=1S/C21H27N7O4/c1-2-3-9-32-20-25-17(22)16-18(26-20)28(21(31)24-16)11-13-6-7-15(23-10-13)27-8-4-5-14(12-27)19(29)30/h6-7,10,14H,2-5,8-9,11-12H2,1H3,(H,24,31)(H,29,30)(H2,22,25,26). The number of unbranched alkanes of at least 4 members (excludes halogenated alkanes) is 1. The number of H-pyrrole nitrogens is 1. The highest BCUT2D eigenvalue weighted by Gasteiger charge is 2.26. The highest BCUT2D eigenvalue weighted by atomic mass is 16.5. The minimum absolute atomic E-state index is 0.141. The average molecular weight is 441 g/mol. The minimum Gasteiger partial charge on any atom is -0.481 e. The number of nitrogens with two attached hydrogens (primary N) is 1. The lowest BCUT2D eigenvalue weighted by Crippen LogP contribution is -2.39. The number of carboxylic acid groups (broad SMARTS) is 1. The molecular formula is C21H27N7O4. The zero-order valence-electron chi connectivity index (χ0n) is 18.0. The maximum Gasteiger partial charge on any atom is 0.328 e. The minimum atomic E-state index is -0.774. The summed E-state index contributed by atoms with van der Waals surface area (Å²) < 4.78 is 7.04. The molecule has 11 nitrogen and oxygen atoms in total. The molecule has 1 aliphatic rings. The van der Waals surface area contributed by atoms with E-state index in [4.69, 9.17) is 10.5 Å². The van der Waals surface area contributed by atoms with Crippen LogP contribution in [0.2, 0.25) is 0 Å². The summed E-state index contributed by atoms with van der Waals surface area (Å²) in [6.07, 6.45) is 5.03. The van der Waals surface area contributed by atoms with Gasteiger partial charge in [0.05, 0.1) is 19.1 Å². The van der Waals surface area contributed by atoms with Crippen molar-refractivity contribution in [1.29, 1.82) is 0 Å². The molecule has 0 saturated carbocycles. The number of nitrogens with one attached hydrogen (secondary N) is 1. The summed E-state index contributed by atoms with van der Waals surface area (Å²) in [5.41, 5.74) is 7.19. The molecule has 0 spiro atoms. The number of hydrogen-bond acceptors (Lipinski definition) is 8. The molecule has 0 amide bonds. The Morgan fingerprint density at radius 1 is 1.38 bits per heavy atom. The molecule has 0 aliphatic carbocycles. The molecule has 3 aromatic rings. The van der Waals surface area contributed by atoms with Crippen molar-refractivity contribution in [3.63, 3.8) is 0 Å². The van der Waals surface area contributed by atoms with Gasteiger partial charge in [-0.1, -0.05) is 19.4 Å². The number of pyridine rings is 1. The second kappa shape index (κ2) is 9.25. The Hall–Kier alpha value is -3.63. The fraction of sp³-hybridized carbons (Fsp3) is 0.476. The lowest BCUT2D eigenvalue weighted by molar-refractivity contribution is -0.141. The van der Waals surface area contributed by atoms with Gasteiger partial charge < -0.3 is 25.5 Å². The summed E-state index contributed by atoms with van der Waals surface area (Å²) >= 11 is 0. The average Bonchev–Trinajstić information content (AvgIpc) is 3.10. The van der Waals surface area contributed by atoms with Gasteiger partial charge in [0.2, 0.25) is 0 Å². The number of rotatable bonds is 8. The first kappa shape index (κ1) is 21.6. The summed E-state index contributed by atoms with van der Waals surface area (Å²) in [5, 5.41) is 9.29. The van der Waals surface area contributed by atoms with Crippen LogP contribution in [0.1, 0.15) is 38.2 Å². The van der Waals surface area contributed by atoms with Crippen LogP contribution in [0, 0.1) is 5.92 Å². The number of anilines is 2. The van der Waals surface area contributed by atoms with E-state index in [1.807, 2.05) is 17.0 Å². The van der Waals surface area contributed by atoms with Crippen LogP contribution in [0.5, 0.6) is 6.01 Å². The Balaban J connectivity index is 1.54. The molecule has 1 saturated heterocycles. The van der Waals surface area contributed by atoms with E-state index in [-0.39, 0.29) is 30.0 Å². The number of ether oxygens (including phenoxy) is 1. The molecule has 1 fully saturated rings. The third-order valence-electron chi connectivity index (χ3n) is 5.60. The van der Waals surface area contributed by atoms with Gasteiger partial charge in [0.15, 0.2) is 11.5 Å². The number of imidazole rings is 1. The van der Waals surface area contributed by atoms with Crippen LogP contribution >= 0.6 is 0 Å². The Morgan fingerprint density at radius 3 is 2.94 bits per heavy atom. The number of fused-ring (bicyclic) bond motifs is 1. The molecule has 0 radical (unpaired) electrons. The predicted octanol–water partition coefficient (Wildman–Crippen LogP) is 1.62. The lowest BCUT2D eigenvalue weighted by atomic mass is 9.98. The molecule has 4 rings (SSSR count). The lowest BCUT2D eigenvalue weighted by Gasteiger charge is -2.31. The number of carboxylic acids is 1. The first-order valence-corrected chi connectivity index (χ1v) is 10.8. The van der Waals surface area contributed by atoms with E-state index in [9.17, 15) is 14.7 Å². The maximum atomic E-state index is 12.5. The fourth-order valence-corrected chi connectivity index (χ4v) is 3.82. The fourth-order valence-electron chi connectivity index (χ4n) is 3.82. The van der Waals surface area contributed by atoms with Crippen molar-refractivity contribution in [3.05, 3.63) is 34.4 Å². The van der Waals surface area contributed by atoms with Gasteiger partial charge in [0, 0.05) is 19.3 Å². The van der Waals surface area contributed by atoms with Crippen molar-refractivity contribution < 1.29 is 14.6 Å².